The molecule has 0 unspecified atom stereocenters. The van der Waals surface area contributed by atoms with Gasteiger partial charge in [-0.1, -0.05) is 0 Å². The lowest BCUT2D eigenvalue weighted by Gasteiger charge is -2.37. The number of carbonyl (C=O) groups is 3. The van der Waals surface area contributed by atoms with Gasteiger partial charge in [0.05, 0.1) is 0 Å². The molecule has 1 rings (SSSR count). The van der Waals surface area contributed by atoms with Gasteiger partial charge >= 0.3 is 17.9 Å². The second kappa shape index (κ2) is 8.06. The molecule has 0 aromatic carbocycles. The fraction of sp³-hybridized carbons (Fsp3) is 0.750. The van der Waals surface area contributed by atoms with E-state index in [1.54, 1.807) is 0 Å². The van der Waals surface area contributed by atoms with Gasteiger partial charge in [0, 0.05) is 20.8 Å². The largest absolute Gasteiger partial charge is 1.00 e. The summed E-state index contributed by atoms with van der Waals surface area (Å²) < 4.78 is 15.5. The molecule has 116 valence electrons. The normalized spacial score (nSPS) is 28.8. The average Bonchev–Trinajstić information content (AvgIpc) is 2.25. The molecule has 0 aromatic heterocycles. The highest BCUT2D eigenvalue weighted by Gasteiger charge is 2.46. The summed E-state index contributed by atoms with van der Waals surface area (Å²) in [6, 6.07) is -0.0833. The molecule has 0 radical (unpaired) electrons. The summed E-state index contributed by atoms with van der Waals surface area (Å²) in [4.78, 5) is 33.4. The minimum Gasteiger partial charge on any atom is -1.00 e. The van der Waals surface area contributed by atoms with Gasteiger partial charge in [0.2, 0.25) is 0 Å². The van der Waals surface area contributed by atoms with E-state index in [9.17, 15) is 14.4 Å². The maximum Gasteiger partial charge on any atom is 0.303 e. The van der Waals surface area contributed by atoms with Gasteiger partial charge in [0.25, 0.3) is 0 Å². The first kappa shape index (κ1) is 18.7. The van der Waals surface area contributed by atoms with Crippen LogP contribution in [0.15, 0.2) is 0 Å². The molecule has 20 heavy (non-hydrogen) atoms. The molecule has 0 spiro atoms. The predicted molar refractivity (Wildman–Crippen MR) is 62.9 cm³/mol. The number of hydrogen-bond donors (Lipinski definition) is 1. The molecular weight excluding hydrogens is 290 g/mol. The molecule has 0 amide bonds. The SMILES string of the molecule is CC(=O)O[C@H]1[C@H](OC(C)=O)[C@@H](OC(C)=O)C[NH2+][C@H]1C.[Cl-]. The smallest absolute Gasteiger partial charge is 0.303 e. The van der Waals surface area contributed by atoms with Crippen LogP contribution in [0.2, 0.25) is 0 Å². The zero-order valence-corrected chi connectivity index (χ0v) is 12.7. The molecule has 0 bridgehead atoms. The van der Waals surface area contributed by atoms with Crippen molar-refractivity contribution >= 4 is 17.9 Å². The van der Waals surface area contributed by atoms with Crippen LogP contribution in [0.5, 0.6) is 0 Å². The van der Waals surface area contributed by atoms with Crippen molar-refractivity contribution in [3.8, 4) is 0 Å². The van der Waals surface area contributed by atoms with Gasteiger partial charge in [0.15, 0.2) is 18.3 Å². The van der Waals surface area contributed by atoms with Crippen LogP contribution in [0.4, 0.5) is 0 Å². The van der Waals surface area contributed by atoms with Crippen molar-refractivity contribution in [2.24, 2.45) is 0 Å². The summed E-state index contributed by atoms with van der Waals surface area (Å²) in [6.45, 7) is 6.14. The highest BCUT2D eigenvalue weighted by molar-refractivity contribution is 5.68. The third-order valence-electron chi connectivity index (χ3n) is 2.87. The molecule has 1 heterocycles. The van der Waals surface area contributed by atoms with Crippen LogP contribution >= 0.6 is 0 Å². The summed E-state index contributed by atoms with van der Waals surface area (Å²) in [7, 11) is 0. The van der Waals surface area contributed by atoms with Crippen molar-refractivity contribution < 1.29 is 46.3 Å². The van der Waals surface area contributed by atoms with Crippen molar-refractivity contribution in [3.63, 3.8) is 0 Å². The number of carbonyl (C=O) groups excluding carboxylic acids is 3. The standard InChI is InChI=1S/C12H19NO6.ClH/c1-6-11(18-8(3)15)12(19-9(4)16)10(5-13-6)17-7(2)14;/h6,10-13H,5H2,1-4H3;1H/t6-,10-,11+,12+;/m0./s1. The number of esters is 3. The monoisotopic (exact) mass is 309 g/mol. The molecule has 1 aliphatic rings. The third-order valence-corrected chi connectivity index (χ3v) is 2.87. The quantitative estimate of drug-likeness (QED) is 0.419. The second-order valence-corrected chi connectivity index (χ2v) is 4.63. The Kier molecular flexibility index (Phi) is 7.52. The van der Waals surface area contributed by atoms with Gasteiger partial charge in [-0.3, -0.25) is 14.4 Å². The number of hydrogen-bond acceptors (Lipinski definition) is 6. The Bertz CT molecular complexity index is 375. The average molecular weight is 310 g/mol. The van der Waals surface area contributed by atoms with E-state index < -0.39 is 36.2 Å². The molecule has 7 nitrogen and oxygen atoms in total. The lowest BCUT2D eigenvalue weighted by atomic mass is 9.96. The fourth-order valence-electron chi connectivity index (χ4n) is 2.16. The van der Waals surface area contributed by atoms with Crippen molar-refractivity contribution in [2.75, 3.05) is 6.54 Å². The first-order valence-corrected chi connectivity index (χ1v) is 6.16. The summed E-state index contributed by atoms with van der Waals surface area (Å²) in [5.41, 5.74) is 0. The second-order valence-electron chi connectivity index (χ2n) is 4.63. The molecule has 0 aromatic rings. The van der Waals surface area contributed by atoms with Gasteiger partial charge < -0.3 is 31.9 Å². The first-order valence-electron chi connectivity index (χ1n) is 6.16. The lowest BCUT2D eigenvalue weighted by molar-refractivity contribution is -0.711. The Hall–Kier alpha value is -1.34. The van der Waals surface area contributed by atoms with E-state index in [1.165, 1.54) is 20.8 Å². The van der Waals surface area contributed by atoms with E-state index in [2.05, 4.69) is 0 Å². The zero-order valence-electron chi connectivity index (χ0n) is 11.9. The van der Waals surface area contributed by atoms with E-state index in [-0.39, 0.29) is 18.4 Å². The molecule has 8 heteroatoms. The molecule has 0 saturated carbocycles. The lowest BCUT2D eigenvalue weighted by Crippen LogP contribution is -3.00. The minimum absolute atomic E-state index is 0. The molecular formula is C12H20ClNO6. The van der Waals surface area contributed by atoms with E-state index in [0.717, 1.165) is 0 Å². The van der Waals surface area contributed by atoms with Crippen molar-refractivity contribution in [1.82, 2.24) is 0 Å². The zero-order chi connectivity index (χ0) is 14.6. The van der Waals surface area contributed by atoms with Gasteiger partial charge in [-0.15, -0.1) is 0 Å². The Morgan fingerprint density at radius 2 is 1.35 bits per heavy atom. The Morgan fingerprint density at radius 3 is 1.80 bits per heavy atom. The third kappa shape index (κ3) is 5.34. The number of rotatable bonds is 3. The Balaban J connectivity index is 0.00000361. The van der Waals surface area contributed by atoms with Crippen LogP contribution in [0.1, 0.15) is 27.7 Å². The number of halogens is 1. The number of nitrogens with two attached hydrogens (primary N) is 1. The molecule has 1 aliphatic heterocycles. The number of ether oxygens (including phenoxy) is 3. The van der Waals surface area contributed by atoms with E-state index in [1.807, 2.05) is 12.2 Å². The summed E-state index contributed by atoms with van der Waals surface area (Å²) in [5, 5.41) is 1.89. The van der Waals surface area contributed by atoms with Crippen LogP contribution in [-0.4, -0.2) is 48.8 Å². The maximum absolute atomic E-state index is 11.2. The number of piperidine rings is 1. The summed E-state index contributed by atoms with van der Waals surface area (Å²) >= 11 is 0. The van der Waals surface area contributed by atoms with E-state index in [0.29, 0.717) is 6.54 Å². The van der Waals surface area contributed by atoms with Gasteiger partial charge in [0.1, 0.15) is 12.6 Å². The predicted octanol–water partition coefficient (Wildman–Crippen LogP) is -4.25. The molecule has 0 aliphatic carbocycles. The fourth-order valence-corrected chi connectivity index (χ4v) is 2.16. The van der Waals surface area contributed by atoms with Gasteiger partial charge in [-0.2, -0.15) is 0 Å². The summed E-state index contributed by atoms with van der Waals surface area (Å²) in [5.74, 6) is -1.44. The maximum atomic E-state index is 11.2. The van der Waals surface area contributed by atoms with E-state index in [4.69, 9.17) is 14.2 Å². The molecule has 4 atom stereocenters. The summed E-state index contributed by atoms with van der Waals surface area (Å²) in [6.07, 6.45) is -2.04. The topological polar surface area (TPSA) is 95.5 Å². The number of quaternary nitrogens is 1. The van der Waals surface area contributed by atoms with Crippen LogP contribution < -0.4 is 17.7 Å². The van der Waals surface area contributed by atoms with Crippen LogP contribution in [0.25, 0.3) is 0 Å². The van der Waals surface area contributed by atoms with Crippen molar-refractivity contribution in [2.45, 2.75) is 52.0 Å². The van der Waals surface area contributed by atoms with Gasteiger partial charge in [-0.05, 0) is 6.92 Å². The van der Waals surface area contributed by atoms with Crippen LogP contribution in [0, 0.1) is 0 Å². The molecule has 1 saturated heterocycles. The van der Waals surface area contributed by atoms with Crippen molar-refractivity contribution in [3.05, 3.63) is 0 Å². The highest BCUT2D eigenvalue weighted by Crippen LogP contribution is 2.17. The highest BCUT2D eigenvalue weighted by atomic mass is 35.5. The Labute approximate surface area is 123 Å². The molecule has 2 N–H and O–H groups in total. The van der Waals surface area contributed by atoms with Crippen LogP contribution in [-0.2, 0) is 28.6 Å². The first-order chi connectivity index (χ1) is 8.81. The van der Waals surface area contributed by atoms with Crippen LogP contribution in [0.3, 0.4) is 0 Å². The van der Waals surface area contributed by atoms with Crippen molar-refractivity contribution in [1.29, 1.82) is 0 Å². The van der Waals surface area contributed by atoms with Gasteiger partial charge in [-0.25, -0.2) is 0 Å². The molecule has 1 fully saturated rings. The Morgan fingerprint density at radius 1 is 0.900 bits per heavy atom. The minimum atomic E-state index is -0.773. The van der Waals surface area contributed by atoms with E-state index >= 15 is 0 Å².